The maximum Gasteiger partial charge on any atom is 1.00 e. The first-order valence-electron chi connectivity index (χ1n) is 7.36. The molecule has 0 bridgehead atoms. The number of benzene rings is 3. The SMILES string of the molecule is O=S(=O)(O)c1ccc2c(N=Nc3ccc(C(F)(F)F)cc3)c([O-])ccc2c1.[Na+]. The maximum atomic E-state index is 12.6. The van der Waals surface area contributed by atoms with E-state index in [0.29, 0.717) is 5.39 Å². The van der Waals surface area contributed by atoms with Gasteiger partial charge in [-0.15, -0.1) is 0 Å². The van der Waals surface area contributed by atoms with E-state index in [2.05, 4.69) is 10.2 Å². The van der Waals surface area contributed by atoms with Crippen molar-refractivity contribution in [2.24, 2.45) is 10.2 Å². The van der Waals surface area contributed by atoms with Crippen molar-refractivity contribution in [3.63, 3.8) is 0 Å². The standard InChI is InChI=1S/C17H11F3N2O4S.Na/c18-17(19,20)11-2-4-12(5-3-11)21-22-16-14-7-6-13(27(24,25)26)9-10(14)1-8-15(16)23;/h1-9,23H,(H,24,25,26);/q;+1/p-1. The molecule has 0 aromatic heterocycles. The van der Waals surface area contributed by atoms with Gasteiger partial charge in [0.15, 0.2) is 0 Å². The third kappa shape index (κ3) is 4.89. The fraction of sp³-hybridized carbons (Fsp3) is 0.0588. The van der Waals surface area contributed by atoms with Crippen molar-refractivity contribution in [1.29, 1.82) is 0 Å². The fourth-order valence-electron chi connectivity index (χ4n) is 2.36. The van der Waals surface area contributed by atoms with Gasteiger partial charge in [-0.2, -0.15) is 31.8 Å². The second-order valence-corrected chi connectivity index (χ2v) is 6.94. The van der Waals surface area contributed by atoms with Crippen LogP contribution in [0.25, 0.3) is 10.8 Å². The van der Waals surface area contributed by atoms with Gasteiger partial charge < -0.3 is 5.11 Å². The third-order valence-electron chi connectivity index (χ3n) is 3.68. The minimum absolute atomic E-state index is 0. The van der Waals surface area contributed by atoms with Crippen molar-refractivity contribution in [1.82, 2.24) is 0 Å². The summed E-state index contributed by atoms with van der Waals surface area (Å²) in [5.74, 6) is -0.502. The van der Waals surface area contributed by atoms with Gasteiger partial charge in [0.25, 0.3) is 10.1 Å². The predicted octanol–water partition coefficient (Wildman–Crippen LogP) is 1.60. The van der Waals surface area contributed by atoms with Crippen LogP contribution in [0.15, 0.2) is 69.7 Å². The van der Waals surface area contributed by atoms with E-state index in [9.17, 15) is 26.7 Å². The van der Waals surface area contributed by atoms with Crippen LogP contribution in [0, 0.1) is 0 Å². The Morgan fingerprint density at radius 2 is 1.57 bits per heavy atom. The molecule has 3 aromatic carbocycles. The van der Waals surface area contributed by atoms with Crippen molar-refractivity contribution in [2.45, 2.75) is 11.1 Å². The monoisotopic (exact) mass is 418 g/mol. The smallest absolute Gasteiger partial charge is 0.871 e. The number of rotatable bonds is 3. The van der Waals surface area contributed by atoms with Crippen LogP contribution in [0.4, 0.5) is 24.5 Å². The molecule has 0 spiro atoms. The second kappa shape index (κ2) is 8.18. The first-order chi connectivity index (χ1) is 12.6. The summed E-state index contributed by atoms with van der Waals surface area (Å²) >= 11 is 0. The van der Waals surface area contributed by atoms with E-state index in [0.717, 1.165) is 36.4 Å². The molecular weight excluding hydrogens is 408 g/mol. The van der Waals surface area contributed by atoms with Crippen molar-refractivity contribution in [2.75, 3.05) is 0 Å². The average Bonchev–Trinajstić information content (AvgIpc) is 2.59. The zero-order valence-electron chi connectivity index (χ0n) is 14.3. The number of halogens is 3. The van der Waals surface area contributed by atoms with Crippen LogP contribution < -0.4 is 34.7 Å². The fourth-order valence-corrected chi connectivity index (χ4v) is 2.88. The van der Waals surface area contributed by atoms with Crippen LogP contribution in [0.1, 0.15) is 5.56 Å². The zero-order valence-corrected chi connectivity index (χ0v) is 17.1. The van der Waals surface area contributed by atoms with Crippen molar-refractivity contribution in [3.8, 4) is 5.75 Å². The van der Waals surface area contributed by atoms with Crippen molar-refractivity contribution in [3.05, 3.63) is 60.2 Å². The molecule has 3 aromatic rings. The van der Waals surface area contributed by atoms with Gasteiger partial charge in [0.1, 0.15) is 0 Å². The van der Waals surface area contributed by atoms with Gasteiger partial charge in [-0.1, -0.05) is 23.9 Å². The van der Waals surface area contributed by atoms with E-state index in [1.165, 1.54) is 18.2 Å². The van der Waals surface area contributed by atoms with Gasteiger partial charge in [0, 0.05) is 5.39 Å². The molecular formula is C17H10F3N2NaO4S. The molecule has 28 heavy (non-hydrogen) atoms. The average molecular weight is 418 g/mol. The summed E-state index contributed by atoms with van der Waals surface area (Å²) in [6.07, 6.45) is -4.47. The third-order valence-corrected chi connectivity index (χ3v) is 4.53. The van der Waals surface area contributed by atoms with E-state index in [-0.39, 0.29) is 51.2 Å². The summed E-state index contributed by atoms with van der Waals surface area (Å²) in [7, 11) is -4.41. The molecule has 0 aliphatic rings. The molecule has 6 nitrogen and oxygen atoms in total. The predicted molar refractivity (Wildman–Crippen MR) is 88.8 cm³/mol. The quantitative estimate of drug-likeness (QED) is 0.397. The molecule has 0 atom stereocenters. The van der Waals surface area contributed by atoms with E-state index in [1.807, 2.05) is 0 Å². The summed E-state index contributed by atoms with van der Waals surface area (Å²) in [5.41, 5.74) is -0.836. The molecule has 3 rings (SSSR count). The van der Waals surface area contributed by atoms with E-state index < -0.39 is 27.6 Å². The number of azo groups is 1. The van der Waals surface area contributed by atoms with E-state index >= 15 is 0 Å². The molecule has 0 saturated heterocycles. The molecule has 1 N–H and O–H groups in total. The largest absolute Gasteiger partial charge is 1.00 e. The molecule has 0 saturated carbocycles. The maximum absolute atomic E-state index is 12.6. The van der Waals surface area contributed by atoms with Gasteiger partial charge in [0.2, 0.25) is 0 Å². The number of fused-ring (bicyclic) bond motifs is 1. The Kier molecular flexibility index (Phi) is 6.51. The number of nitrogens with zero attached hydrogens (tertiary/aromatic N) is 2. The molecule has 0 unspecified atom stereocenters. The molecule has 0 radical (unpaired) electrons. The van der Waals surface area contributed by atoms with Crippen molar-refractivity contribution >= 4 is 32.3 Å². The van der Waals surface area contributed by atoms with Gasteiger partial charge in [-0.3, -0.25) is 4.55 Å². The number of hydrogen-bond donors (Lipinski definition) is 1. The Morgan fingerprint density at radius 1 is 0.929 bits per heavy atom. The summed E-state index contributed by atoms with van der Waals surface area (Å²) in [6, 6.07) is 9.98. The first-order valence-corrected chi connectivity index (χ1v) is 8.80. The topological polar surface area (TPSA) is 102 Å². The van der Waals surface area contributed by atoms with Crippen LogP contribution in [0.3, 0.4) is 0 Å². The van der Waals surface area contributed by atoms with Crippen LogP contribution in [-0.4, -0.2) is 13.0 Å². The normalized spacial score (nSPS) is 12.3. The summed E-state index contributed by atoms with van der Waals surface area (Å²) < 4.78 is 69.2. The second-order valence-electron chi connectivity index (χ2n) is 5.51. The summed E-state index contributed by atoms with van der Waals surface area (Å²) in [6.45, 7) is 0. The minimum atomic E-state index is -4.47. The first kappa shape index (κ1) is 22.3. The van der Waals surface area contributed by atoms with Crippen molar-refractivity contribution < 1.29 is 60.8 Å². The molecule has 11 heteroatoms. The van der Waals surface area contributed by atoms with Gasteiger partial charge >= 0.3 is 35.7 Å². The molecule has 0 aliphatic carbocycles. The van der Waals surface area contributed by atoms with Gasteiger partial charge in [0.05, 0.1) is 21.8 Å². The van der Waals surface area contributed by atoms with Crippen LogP contribution in [-0.2, 0) is 16.3 Å². The molecule has 140 valence electrons. The summed E-state index contributed by atoms with van der Waals surface area (Å²) in [4.78, 5) is -0.348. The Hall–Kier alpha value is -1.98. The van der Waals surface area contributed by atoms with E-state index in [4.69, 9.17) is 4.55 Å². The Balaban J connectivity index is 0.00000280. The molecule has 0 amide bonds. The van der Waals surface area contributed by atoms with Crippen LogP contribution in [0.2, 0.25) is 0 Å². The molecule has 0 fully saturated rings. The Bertz CT molecular complexity index is 1150. The molecule has 0 heterocycles. The van der Waals surface area contributed by atoms with E-state index in [1.54, 1.807) is 0 Å². The minimum Gasteiger partial charge on any atom is -0.871 e. The van der Waals surface area contributed by atoms with Gasteiger partial charge in [-0.25, -0.2) is 0 Å². The Labute approximate surface area is 179 Å². The van der Waals surface area contributed by atoms with Gasteiger partial charge in [-0.05, 0) is 41.8 Å². The van der Waals surface area contributed by atoms with Crippen LogP contribution in [0.5, 0.6) is 5.75 Å². The number of alkyl halides is 3. The Morgan fingerprint density at radius 3 is 2.14 bits per heavy atom. The van der Waals surface area contributed by atoms with Crippen LogP contribution >= 0.6 is 0 Å². The zero-order chi connectivity index (χ0) is 19.8. The summed E-state index contributed by atoms with van der Waals surface area (Å²) in [5, 5.41) is 20.2. The molecule has 0 aliphatic heterocycles. The number of hydrogen-bond acceptors (Lipinski definition) is 5.